The van der Waals surface area contributed by atoms with Crippen molar-refractivity contribution in [2.75, 3.05) is 5.73 Å². The monoisotopic (exact) mass is 218 g/mol. The van der Waals surface area contributed by atoms with Gasteiger partial charge in [0.2, 0.25) is 0 Å². The van der Waals surface area contributed by atoms with Crippen LogP contribution in [-0.4, -0.2) is 12.1 Å². The Morgan fingerprint density at radius 1 is 1.50 bits per heavy atom. The van der Waals surface area contributed by atoms with Gasteiger partial charge in [0, 0.05) is 12.1 Å². The van der Waals surface area contributed by atoms with Crippen LogP contribution in [-0.2, 0) is 16.0 Å². The Labute approximate surface area is 94.6 Å². The molecule has 0 aliphatic heterocycles. The lowest BCUT2D eigenvalue weighted by Gasteiger charge is -2.05. The maximum Gasteiger partial charge on any atom is 0.307 e. The minimum absolute atomic E-state index is 0.274. The summed E-state index contributed by atoms with van der Waals surface area (Å²) in [6.45, 7) is 1.54. The first-order chi connectivity index (χ1) is 7.61. The molecule has 0 radical (unpaired) electrons. The van der Waals surface area contributed by atoms with Gasteiger partial charge in [0.25, 0.3) is 0 Å². The molecule has 4 heteroatoms. The first kappa shape index (κ1) is 12.1. The number of aryl methyl sites for hydroxylation is 1. The van der Waals surface area contributed by atoms with Gasteiger partial charge in [-0.25, -0.2) is 0 Å². The van der Waals surface area contributed by atoms with Gasteiger partial charge in [-0.05, 0) is 31.0 Å². The van der Waals surface area contributed by atoms with E-state index < -0.39 is 6.10 Å². The van der Waals surface area contributed by atoms with E-state index in [1.54, 1.807) is 19.1 Å². The fourth-order valence-corrected chi connectivity index (χ4v) is 1.21. The van der Waals surface area contributed by atoms with Gasteiger partial charge in [-0.3, -0.25) is 4.79 Å². The molecule has 0 saturated carbocycles. The van der Waals surface area contributed by atoms with Crippen LogP contribution in [0.25, 0.3) is 0 Å². The summed E-state index contributed by atoms with van der Waals surface area (Å²) in [6.07, 6.45) is 0.187. The molecule has 1 rings (SSSR count). The number of nitriles is 1. The Morgan fingerprint density at radius 2 is 2.12 bits per heavy atom. The van der Waals surface area contributed by atoms with Gasteiger partial charge in [-0.1, -0.05) is 12.1 Å². The molecule has 0 fully saturated rings. The molecule has 1 aromatic rings. The summed E-state index contributed by atoms with van der Waals surface area (Å²) in [5, 5.41) is 8.46. The first-order valence-electron chi connectivity index (χ1n) is 5.05. The summed E-state index contributed by atoms with van der Waals surface area (Å²) < 4.78 is 4.82. The predicted molar refractivity (Wildman–Crippen MR) is 60.3 cm³/mol. The molecule has 1 aromatic carbocycles. The molecule has 4 nitrogen and oxygen atoms in total. The number of esters is 1. The van der Waals surface area contributed by atoms with Gasteiger partial charge in [0.1, 0.15) is 6.07 Å². The molecule has 0 aromatic heterocycles. The van der Waals surface area contributed by atoms with Gasteiger partial charge >= 0.3 is 5.97 Å². The molecule has 84 valence electrons. The number of hydrogen-bond donors (Lipinski definition) is 1. The van der Waals surface area contributed by atoms with Crippen LogP contribution in [0.4, 0.5) is 5.69 Å². The summed E-state index contributed by atoms with van der Waals surface area (Å²) >= 11 is 0. The Hall–Kier alpha value is -2.02. The lowest BCUT2D eigenvalue weighted by atomic mass is 10.1. The molecule has 1 unspecified atom stereocenters. The van der Waals surface area contributed by atoms with Gasteiger partial charge in [0.15, 0.2) is 6.10 Å². The lowest BCUT2D eigenvalue weighted by Crippen LogP contribution is -2.13. The second-order valence-corrected chi connectivity index (χ2v) is 3.50. The number of nitrogen functional groups attached to an aromatic ring is 1. The molecule has 0 aliphatic rings. The maximum atomic E-state index is 11.3. The van der Waals surface area contributed by atoms with E-state index in [0.29, 0.717) is 12.1 Å². The van der Waals surface area contributed by atoms with Crippen molar-refractivity contribution in [1.82, 2.24) is 0 Å². The summed E-state index contributed by atoms with van der Waals surface area (Å²) in [4.78, 5) is 11.3. The minimum Gasteiger partial charge on any atom is -0.447 e. The largest absolute Gasteiger partial charge is 0.447 e. The summed E-state index contributed by atoms with van der Waals surface area (Å²) in [5.41, 5.74) is 7.26. The SMILES string of the molecule is CC(C#N)OC(=O)CCc1ccc(N)cc1. The molecule has 16 heavy (non-hydrogen) atoms. The van der Waals surface area contributed by atoms with Crippen molar-refractivity contribution >= 4 is 11.7 Å². The number of carbonyl (C=O) groups is 1. The Bertz CT molecular complexity index is 392. The molecule has 0 aliphatic carbocycles. The fourth-order valence-electron chi connectivity index (χ4n) is 1.21. The number of benzene rings is 1. The van der Waals surface area contributed by atoms with E-state index in [9.17, 15) is 4.79 Å². The van der Waals surface area contributed by atoms with Gasteiger partial charge < -0.3 is 10.5 Å². The third kappa shape index (κ3) is 4.01. The zero-order valence-corrected chi connectivity index (χ0v) is 9.14. The van der Waals surface area contributed by atoms with Crippen LogP contribution < -0.4 is 5.73 Å². The third-order valence-corrected chi connectivity index (χ3v) is 2.09. The first-order valence-corrected chi connectivity index (χ1v) is 5.05. The third-order valence-electron chi connectivity index (χ3n) is 2.09. The van der Waals surface area contributed by atoms with Gasteiger partial charge in [0.05, 0.1) is 0 Å². The highest BCUT2D eigenvalue weighted by molar-refractivity contribution is 5.70. The molecule has 0 bridgehead atoms. The quantitative estimate of drug-likeness (QED) is 0.616. The van der Waals surface area contributed by atoms with Crippen molar-refractivity contribution in [3.63, 3.8) is 0 Å². The van der Waals surface area contributed by atoms with Crippen molar-refractivity contribution in [2.24, 2.45) is 0 Å². The molecular weight excluding hydrogens is 204 g/mol. The summed E-state index contributed by atoms with van der Waals surface area (Å²) in [5.74, 6) is -0.356. The molecule has 0 spiro atoms. The summed E-state index contributed by atoms with van der Waals surface area (Å²) in [6, 6.07) is 9.17. The van der Waals surface area contributed by atoms with E-state index in [-0.39, 0.29) is 12.4 Å². The molecule has 0 heterocycles. The van der Waals surface area contributed by atoms with E-state index in [1.807, 2.05) is 18.2 Å². The smallest absolute Gasteiger partial charge is 0.307 e. The van der Waals surface area contributed by atoms with Crippen molar-refractivity contribution < 1.29 is 9.53 Å². The second kappa shape index (κ2) is 5.76. The zero-order chi connectivity index (χ0) is 12.0. The van der Waals surface area contributed by atoms with Crippen LogP contribution in [0, 0.1) is 11.3 Å². The molecular formula is C12H14N2O2. The van der Waals surface area contributed by atoms with E-state index in [1.165, 1.54) is 0 Å². The topological polar surface area (TPSA) is 76.1 Å². The van der Waals surface area contributed by atoms with Crippen LogP contribution >= 0.6 is 0 Å². The Balaban J connectivity index is 2.38. The van der Waals surface area contributed by atoms with Crippen LogP contribution in [0.3, 0.4) is 0 Å². The normalized spacial score (nSPS) is 11.5. The zero-order valence-electron chi connectivity index (χ0n) is 9.14. The molecule has 0 amide bonds. The van der Waals surface area contributed by atoms with Crippen molar-refractivity contribution in [3.8, 4) is 6.07 Å². The standard InChI is InChI=1S/C12H14N2O2/c1-9(8-13)16-12(15)7-4-10-2-5-11(14)6-3-10/h2-3,5-6,9H,4,7,14H2,1H3. The van der Waals surface area contributed by atoms with Crippen LogP contribution in [0.15, 0.2) is 24.3 Å². The second-order valence-electron chi connectivity index (χ2n) is 3.50. The van der Waals surface area contributed by atoms with Crippen molar-refractivity contribution in [3.05, 3.63) is 29.8 Å². The number of ether oxygens (including phenoxy) is 1. The minimum atomic E-state index is -0.682. The summed E-state index contributed by atoms with van der Waals surface area (Å²) in [7, 11) is 0. The highest BCUT2D eigenvalue weighted by atomic mass is 16.5. The van der Waals surface area contributed by atoms with Crippen LogP contribution in [0.1, 0.15) is 18.9 Å². The van der Waals surface area contributed by atoms with Crippen LogP contribution in [0.2, 0.25) is 0 Å². The number of anilines is 1. The fraction of sp³-hybridized carbons (Fsp3) is 0.333. The lowest BCUT2D eigenvalue weighted by molar-refractivity contribution is -0.145. The van der Waals surface area contributed by atoms with Crippen molar-refractivity contribution in [2.45, 2.75) is 25.9 Å². The molecule has 1 atom stereocenters. The van der Waals surface area contributed by atoms with E-state index in [2.05, 4.69) is 0 Å². The Morgan fingerprint density at radius 3 is 2.69 bits per heavy atom. The molecule has 2 N–H and O–H groups in total. The number of rotatable bonds is 4. The molecule has 0 saturated heterocycles. The number of nitrogens with two attached hydrogens (primary N) is 1. The highest BCUT2D eigenvalue weighted by Crippen LogP contribution is 2.08. The van der Waals surface area contributed by atoms with Gasteiger partial charge in [-0.15, -0.1) is 0 Å². The maximum absolute atomic E-state index is 11.3. The number of hydrogen-bond acceptors (Lipinski definition) is 4. The van der Waals surface area contributed by atoms with Gasteiger partial charge in [-0.2, -0.15) is 5.26 Å². The Kier molecular flexibility index (Phi) is 4.34. The number of carbonyl (C=O) groups excluding carboxylic acids is 1. The van der Waals surface area contributed by atoms with Crippen molar-refractivity contribution in [1.29, 1.82) is 5.26 Å². The van der Waals surface area contributed by atoms with E-state index in [4.69, 9.17) is 15.7 Å². The average Bonchev–Trinajstić information content (AvgIpc) is 2.28. The number of nitrogens with zero attached hydrogens (tertiary/aromatic N) is 1. The highest BCUT2D eigenvalue weighted by Gasteiger charge is 2.08. The van der Waals surface area contributed by atoms with E-state index >= 15 is 0 Å². The van der Waals surface area contributed by atoms with Crippen LogP contribution in [0.5, 0.6) is 0 Å². The average molecular weight is 218 g/mol. The van der Waals surface area contributed by atoms with E-state index in [0.717, 1.165) is 5.56 Å². The predicted octanol–water partition coefficient (Wildman–Crippen LogP) is 1.66.